The first kappa shape index (κ1) is 13.1. The van der Waals surface area contributed by atoms with Crippen LogP contribution >= 0.6 is 0 Å². The molecule has 0 aromatic carbocycles. The van der Waals surface area contributed by atoms with Crippen LogP contribution in [-0.2, 0) is 4.74 Å². The summed E-state index contributed by atoms with van der Waals surface area (Å²) in [6, 6.07) is 10.6. The topological polar surface area (TPSA) is 46.6 Å². The Labute approximate surface area is 111 Å². The summed E-state index contributed by atoms with van der Waals surface area (Å²) in [5.74, 6) is -0.445. The Kier molecular flexibility index (Phi) is 3.51. The van der Waals surface area contributed by atoms with Crippen LogP contribution in [0.15, 0.2) is 36.4 Å². The van der Waals surface area contributed by atoms with E-state index in [0.717, 1.165) is 11.1 Å². The molecule has 0 heterocycles. The molecule has 0 aromatic rings. The summed E-state index contributed by atoms with van der Waals surface area (Å²) < 4.78 is 4.68. The molecule has 4 heteroatoms. The molecular formula is C15H15NO3. The third-order valence-electron chi connectivity index (χ3n) is 2.96. The first-order chi connectivity index (χ1) is 9.04. The van der Waals surface area contributed by atoms with Crippen molar-refractivity contribution in [3.05, 3.63) is 47.5 Å². The van der Waals surface area contributed by atoms with Gasteiger partial charge in [-0.15, -0.1) is 0 Å². The van der Waals surface area contributed by atoms with Gasteiger partial charge in [-0.05, 0) is 29.3 Å². The van der Waals surface area contributed by atoms with Crippen LogP contribution in [0, 0.1) is 0 Å². The molecule has 0 saturated heterocycles. The summed E-state index contributed by atoms with van der Waals surface area (Å²) >= 11 is 0. The van der Waals surface area contributed by atoms with Gasteiger partial charge in [0.15, 0.2) is 0 Å². The molecular weight excluding hydrogens is 242 g/mol. The highest BCUT2D eigenvalue weighted by Crippen LogP contribution is 2.28. The van der Waals surface area contributed by atoms with Crippen molar-refractivity contribution in [2.45, 2.75) is 0 Å². The van der Waals surface area contributed by atoms with Crippen LogP contribution in [0.1, 0.15) is 20.7 Å². The SMILES string of the molecule is COC(=O)c1ccc2ccc(C(=O)N(C)C)c-2cc1. The largest absolute Gasteiger partial charge is 0.465 e. The number of hydrogen-bond acceptors (Lipinski definition) is 3. The average molecular weight is 257 g/mol. The zero-order valence-corrected chi connectivity index (χ0v) is 11.1. The van der Waals surface area contributed by atoms with Crippen molar-refractivity contribution in [2.75, 3.05) is 21.2 Å². The fourth-order valence-electron chi connectivity index (χ4n) is 1.93. The number of ether oxygens (including phenoxy) is 1. The lowest BCUT2D eigenvalue weighted by Crippen LogP contribution is -2.21. The van der Waals surface area contributed by atoms with Crippen molar-refractivity contribution >= 4 is 11.9 Å². The third kappa shape index (κ3) is 2.42. The molecule has 0 saturated carbocycles. The molecule has 98 valence electrons. The predicted octanol–water partition coefficient (Wildman–Crippen LogP) is 2.28. The van der Waals surface area contributed by atoms with Crippen LogP contribution in [-0.4, -0.2) is 38.0 Å². The number of carbonyl (C=O) groups is 2. The van der Waals surface area contributed by atoms with Crippen molar-refractivity contribution in [2.24, 2.45) is 0 Å². The van der Waals surface area contributed by atoms with E-state index in [1.165, 1.54) is 12.0 Å². The van der Waals surface area contributed by atoms with Crippen molar-refractivity contribution in [1.82, 2.24) is 4.90 Å². The number of methoxy groups -OCH3 is 1. The molecule has 0 N–H and O–H groups in total. The number of fused-ring (bicyclic) bond motifs is 1. The lowest BCUT2D eigenvalue weighted by Gasteiger charge is -2.09. The quantitative estimate of drug-likeness (QED) is 0.775. The molecule has 0 aromatic heterocycles. The van der Waals surface area contributed by atoms with Gasteiger partial charge >= 0.3 is 5.97 Å². The van der Waals surface area contributed by atoms with E-state index in [4.69, 9.17) is 0 Å². The van der Waals surface area contributed by atoms with E-state index in [-0.39, 0.29) is 5.91 Å². The highest BCUT2D eigenvalue weighted by molar-refractivity contribution is 6.02. The Morgan fingerprint density at radius 1 is 1.00 bits per heavy atom. The molecule has 19 heavy (non-hydrogen) atoms. The maximum Gasteiger partial charge on any atom is 0.337 e. The van der Waals surface area contributed by atoms with Gasteiger partial charge in [0.25, 0.3) is 5.91 Å². The van der Waals surface area contributed by atoms with Gasteiger partial charge in [-0.1, -0.05) is 18.2 Å². The van der Waals surface area contributed by atoms with E-state index in [0.29, 0.717) is 11.1 Å². The molecule has 0 unspecified atom stereocenters. The van der Waals surface area contributed by atoms with Crippen LogP contribution in [0.3, 0.4) is 0 Å². The molecule has 0 atom stereocenters. The maximum atomic E-state index is 12.0. The number of amides is 1. The summed E-state index contributed by atoms with van der Waals surface area (Å²) in [5.41, 5.74) is 2.84. The van der Waals surface area contributed by atoms with Crippen molar-refractivity contribution < 1.29 is 14.3 Å². The normalized spacial score (nSPS) is 10.3. The molecule has 2 aliphatic rings. The standard InChI is InChI=1S/C15H15NO3/c1-16(2)14(17)13-9-6-10-4-5-11(15(18)19-3)7-8-12(10)13/h4-9H,1-3H3. The molecule has 2 aliphatic carbocycles. The summed E-state index contributed by atoms with van der Waals surface area (Å²) in [4.78, 5) is 25.0. The molecule has 0 spiro atoms. The Balaban J connectivity index is 2.51. The molecule has 0 aliphatic heterocycles. The van der Waals surface area contributed by atoms with Crippen molar-refractivity contribution in [3.8, 4) is 11.1 Å². The van der Waals surface area contributed by atoms with Crippen LogP contribution in [0.2, 0.25) is 0 Å². The summed E-state index contributed by atoms with van der Waals surface area (Å²) in [5, 5.41) is 0. The van der Waals surface area contributed by atoms with E-state index in [1.807, 2.05) is 12.1 Å². The van der Waals surface area contributed by atoms with E-state index in [9.17, 15) is 9.59 Å². The van der Waals surface area contributed by atoms with Crippen molar-refractivity contribution in [3.63, 3.8) is 0 Å². The van der Waals surface area contributed by atoms with Gasteiger partial charge in [0.2, 0.25) is 0 Å². The molecule has 0 radical (unpaired) electrons. The number of carbonyl (C=O) groups excluding carboxylic acids is 2. The Morgan fingerprint density at radius 3 is 2.26 bits per heavy atom. The van der Waals surface area contributed by atoms with Crippen molar-refractivity contribution in [1.29, 1.82) is 0 Å². The molecule has 0 bridgehead atoms. The van der Waals surface area contributed by atoms with Gasteiger partial charge in [-0.2, -0.15) is 0 Å². The number of hydrogen-bond donors (Lipinski definition) is 0. The summed E-state index contributed by atoms with van der Waals surface area (Å²) in [6.45, 7) is 0. The third-order valence-corrected chi connectivity index (χ3v) is 2.96. The molecule has 1 amide bonds. The highest BCUT2D eigenvalue weighted by Gasteiger charge is 2.17. The molecule has 4 nitrogen and oxygen atoms in total. The fourth-order valence-corrected chi connectivity index (χ4v) is 1.93. The minimum atomic E-state index is -0.391. The van der Waals surface area contributed by atoms with Gasteiger partial charge in [0, 0.05) is 19.7 Å². The molecule has 2 rings (SSSR count). The van der Waals surface area contributed by atoms with Crippen LogP contribution < -0.4 is 0 Å². The summed E-state index contributed by atoms with van der Waals surface area (Å²) in [7, 11) is 4.77. The highest BCUT2D eigenvalue weighted by atomic mass is 16.5. The first-order valence-corrected chi connectivity index (χ1v) is 5.87. The number of esters is 1. The van der Waals surface area contributed by atoms with E-state index >= 15 is 0 Å². The van der Waals surface area contributed by atoms with E-state index in [1.54, 1.807) is 38.4 Å². The second kappa shape index (κ2) is 5.10. The van der Waals surface area contributed by atoms with Gasteiger partial charge < -0.3 is 9.64 Å². The maximum absolute atomic E-state index is 12.0. The second-order valence-corrected chi connectivity index (χ2v) is 4.43. The van der Waals surface area contributed by atoms with Crippen LogP contribution in [0.4, 0.5) is 0 Å². The number of nitrogens with zero attached hydrogens (tertiary/aromatic N) is 1. The lowest BCUT2D eigenvalue weighted by molar-refractivity contribution is 0.0600. The molecule has 0 fully saturated rings. The Hall–Kier alpha value is -2.36. The van der Waals surface area contributed by atoms with E-state index in [2.05, 4.69) is 4.74 Å². The minimum absolute atomic E-state index is 0.0548. The van der Waals surface area contributed by atoms with Gasteiger partial charge in [0.1, 0.15) is 0 Å². The van der Waals surface area contributed by atoms with Gasteiger partial charge in [-0.3, -0.25) is 4.79 Å². The average Bonchev–Trinajstić information content (AvgIpc) is 2.68. The van der Waals surface area contributed by atoms with Crippen LogP contribution in [0.25, 0.3) is 11.1 Å². The van der Waals surface area contributed by atoms with E-state index < -0.39 is 5.97 Å². The number of rotatable bonds is 2. The fraction of sp³-hybridized carbons (Fsp3) is 0.200. The minimum Gasteiger partial charge on any atom is -0.465 e. The summed E-state index contributed by atoms with van der Waals surface area (Å²) in [6.07, 6.45) is 0. The smallest absolute Gasteiger partial charge is 0.337 e. The zero-order chi connectivity index (χ0) is 14.0. The first-order valence-electron chi connectivity index (χ1n) is 5.87. The van der Waals surface area contributed by atoms with Gasteiger partial charge in [0.05, 0.1) is 12.7 Å². The Morgan fingerprint density at radius 2 is 1.63 bits per heavy atom. The Bertz CT molecular complexity index is 604. The predicted molar refractivity (Wildman–Crippen MR) is 72.4 cm³/mol. The monoisotopic (exact) mass is 257 g/mol. The lowest BCUT2D eigenvalue weighted by atomic mass is 10.1. The van der Waals surface area contributed by atoms with Gasteiger partial charge in [-0.25, -0.2) is 4.79 Å². The van der Waals surface area contributed by atoms with Crippen LogP contribution in [0.5, 0.6) is 0 Å². The second-order valence-electron chi connectivity index (χ2n) is 4.43. The zero-order valence-electron chi connectivity index (χ0n) is 11.1.